The standard InChI is InChI=1S/C15H14O2.C12H10.C10H8.C9H9N3.C9H17N.C9H7N.C8H7N.C8H6O.C7H6N2.C7H5NS.C6H6.C5H11N.C5H5N.C3H4N2/c1-17-15(16)11-12-7-9-14(10-8-12)13-5-3-2-4-6-13;1-3-7-11(8-4-1)12-9-5-2-6-10-12;1-2-6-10-8-4-3-7-9(10)5-1;1-12-7-9(10-11-12)8-5-3-2-4-6-8;2*1-2-6-9-8(4-1)5-3-7-10-9;2*1-2-4-8-7(3-1)5-6-9-8;1-2-4-7-6(3-1)5-8-9-7;1-2-4-7-6(3-1)8-5-9-7;3*1-2-4-6-5-3-1;1-2-5-3-4-1/h2-10H,11H2,1H3;1-10H;1-8H;2-7H,1H3;8-10H,1-7H2;1-7H;1-6,9H;1-6H;1-4H,5H2;1-5H;1-6H;6H,1-5H2;1-5H;1-3H,(H,4,5). The molecule has 10 heterocycles. The van der Waals surface area contributed by atoms with Crippen molar-refractivity contribution >= 4 is 76.8 Å². The number of carbonyl (C=O) groups is 1. The first-order valence-corrected chi connectivity index (χ1v) is 45.1. The van der Waals surface area contributed by atoms with Crippen LogP contribution >= 0.6 is 11.3 Å². The fraction of sp³-hybridized carbons (Fsp3) is 0.159. The van der Waals surface area contributed by atoms with Crippen LogP contribution < -0.4 is 10.6 Å². The van der Waals surface area contributed by atoms with Crippen molar-refractivity contribution in [3.8, 4) is 33.5 Å². The molecule has 3 fully saturated rings. The summed E-state index contributed by atoms with van der Waals surface area (Å²) in [5, 5.41) is 28.8. The number of ether oxygens (including phenoxy) is 1. The van der Waals surface area contributed by atoms with Gasteiger partial charge in [-0.25, -0.2) is 9.97 Å². The lowest BCUT2D eigenvalue weighted by Gasteiger charge is -2.36. The zero-order valence-electron chi connectivity index (χ0n) is 74.0. The number of aromatic amines is 2. The van der Waals surface area contributed by atoms with Gasteiger partial charge in [0.05, 0.1) is 65.8 Å². The van der Waals surface area contributed by atoms with Crippen LogP contribution in [0.1, 0.15) is 68.9 Å². The summed E-state index contributed by atoms with van der Waals surface area (Å²) in [5.41, 5.74) is 16.3. The first kappa shape index (κ1) is 95.6. The highest BCUT2D eigenvalue weighted by molar-refractivity contribution is 7.16. The Morgan fingerprint density at radius 3 is 1.49 bits per heavy atom. The zero-order valence-corrected chi connectivity index (χ0v) is 74.8. The van der Waals surface area contributed by atoms with Gasteiger partial charge in [0.1, 0.15) is 11.3 Å². The molecule has 4 aliphatic rings. The molecule has 1 saturated carbocycles. The second-order valence-electron chi connectivity index (χ2n) is 30.1. The summed E-state index contributed by atoms with van der Waals surface area (Å²) in [4.78, 5) is 32.8. The molecule has 656 valence electrons. The molecule has 17 heteroatoms. The minimum absolute atomic E-state index is 0.211. The predicted octanol–water partition coefficient (Wildman–Crippen LogP) is 28.0. The molecule has 0 radical (unpaired) electrons. The van der Waals surface area contributed by atoms with Gasteiger partial charge in [-0.1, -0.05) is 352 Å². The molecule has 2 saturated heterocycles. The molecule has 130 heavy (non-hydrogen) atoms. The molecule has 0 bridgehead atoms. The number of benzene rings is 13. The first-order chi connectivity index (χ1) is 64.4. The number of hydrogen-bond donors (Lipinski definition) is 4. The molecular weight excluding hydrogens is 1620 g/mol. The number of furan rings is 1. The van der Waals surface area contributed by atoms with E-state index >= 15 is 0 Å². The summed E-state index contributed by atoms with van der Waals surface area (Å²) in [6.45, 7) is 4.54. The van der Waals surface area contributed by atoms with Gasteiger partial charge in [-0.15, -0.1) is 16.4 Å². The van der Waals surface area contributed by atoms with Gasteiger partial charge in [0.15, 0.2) is 0 Å². The van der Waals surface area contributed by atoms with Crippen LogP contribution in [0.3, 0.4) is 0 Å². The third kappa shape index (κ3) is 35.8. The normalized spacial score (nSPS) is 13.0. The average Bonchev–Trinajstić information content (AvgIpc) is 1.83. The predicted molar refractivity (Wildman–Crippen MR) is 539 cm³/mol. The van der Waals surface area contributed by atoms with E-state index in [1.54, 1.807) is 53.4 Å². The molecule has 24 rings (SSSR count). The molecule has 1 aliphatic carbocycles. The number of nitrogens with zero attached hydrogens (tertiary/aromatic N) is 9. The van der Waals surface area contributed by atoms with E-state index in [0.29, 0.717) is 6.42 Å². The van der Waals surface area contributed by atoms with Gasteiger partial charge in [-0.2, -0.15) is 10.2 Å². The maximum absolute atomic E-state index is 11.1. The van der Waals surface area contributed by atoms with E-state index in [0.717, 1.165) is 68.6 Å². The van der Waals surface area contributed by atoms with E-state index < -0.39 is 0 Å². The van der Waals surface area contributed by atoms with Crippen LogP contribution in [0, 0.1) is 5.92 Å². The maximum atomic E-state index is 11.1. The van der Waals surface area contributed by atoms with Gasteiger partial charge in [0.25, 0.3) is 0 Å². The highest BCUT2D eigenvalue weighted by Crippen LogP contribution is 2.31. The Labute approximate surface area is 768 Å². The van der Waals surface area contributed by atoms with E-state index in [4.69, 9.17) is 4.42 Å². The summed E-state index contributed by atoms with van der Waals surface area (Å²) in [5.74, 6) is 0.833. The monoisotopic (exact) mass is 1730 g/mol. The smallest absolute Gasteiger partial charge is 0.309 e. The van der Waals surface area contributed by atoms with Crippen LogP contribution in [0.15, 0.2) is 470 Å². The number of azo groups is 1. The van der Waals surface area contributed by atoms with Crippen LogP contribution in [-0.2, 0) is 29.5 Å². The second-order valence-corrected chi connectivity index (χ2v) is 31.0. The van der Waals surface area contributed by atoms with Gasteiger partial charge >= 0.3 is 5.97 Å². The highest BCUT2D eigenvalue weighted by atomic mass is 32.1. The number of pyridine rings is 2. The van der Waals surface area contributed by atoms with E-state index in [1.807, 2.05) is 274 Å². The highest BCUT2D eigenvalue weighted by Gasteiger charge is 2.26. The molecule has 0 spiro atoms. The molecular formula is C113H115N13O3S. The van der Waals surface area contributed by atoms with Crippen LogP contribution in [0.5, 0.6) is 0 Å². The Bertz CT molecular complexity index is 5690. The number of imidazole rings is 1. The number of fused-ring (bicyclic) bond motifs is 7. The van der Waals surface area contributed by atoms with Crippen LogP contribution in [0.4, 0.5) is 5.69 Å². The third-order valence-electron chi connectivity index (χ3n) is 20.7. The van der Waals surface area contributed by atoms with Crippen molar-refractivity contribution in [2.75, 3.05) is 26.7 Å². The Balaban J connectivity index is 0.000000137. The second kappa shape index (κ2) is 58.3. The quantitative estimate of drug-likeness (QED) is 0.119. The summed E-state index contributed by atoms with van der Waals surface area (Å²) in [6.07, 6.45) is 29.3. The Kier molecular flexibility index (Phi) is 42.9. The van der Waals surface area contributed by atoms with Gasteiger partial charge in [0, 0.05) is 77.7 Å². The van der Waals surface area contributed by atoms with Crippen LogP contribution in [0.25, 0.3) is 87.3 Å². The number of rotatable bonds is 5. The minimum atomic E-state index is -0.211. The third-order valence-corrected chi connectivity index (χ3v) is 21.6. The fourth-order valence-electron chi connectivity index (χ4n) is 14.0. The van der Waals surface area contributed by atoms with Crippen molar-refractivity contribution < 1.29 is 13.9 Å². The fourth-order valence-corrected chi connectivity index (χ4v) is 14.7. The van der Waals surface area contributed by atoms with Gasteiger partial charge in [-0.05, 0) is 175 Å². The topological polar surface area (TPSA) is 202 Å². The van der Waals surface area contributed by atoms with Crippen LogP contribution in [-0.4, -0.2) is 83.7 Å². The number of aromatic nitrogens is 9. The van der Waals surface area contributed by atoms with E-state index in [1.165, 1.54) is 139 Å². The molecule has 13 aromatic carbocycles. The summed E-state index contributed by atoms with van der Waals surface area (Å²) in [7, 11) is 3.26. The summed E-state index contributed by atoms with van der Waals surface area (Å²) >= 11 is 1.68. The number of methoxy groups -OCH3 is 1. The lowest BCUT2D eigenvalue weighted by molar-refractivity contribution is -0.139. The Morgan fingerprint density at radius 1 is 0.438 bits per heavy atom. The van der Waals surface area contributed by atoms with Gasteiger partial charge in [-0.3, -0.25) is 19.4 Å². The molecule has 7 aromatic heterocycles. The number of para-hydroxylation sites is 4. The largest absolute Gasteiger partial charge is 0.469 e. The number of hydrogen-bond acceptors (Lipinski definition) is 14. The number of aryl methyl sites for hydroxylation is 1. The summed E-state index contributed by atoms with van der Waals surface area (Å²) < 4.78 is 12.7. The SMILES string of the molecule is C1CCC2NCCCC2C1.C1CCNCC1.COC(=O)Cc1ccc(-c2ccccc2)cc1.Cn1cc(-c2ccccc2)nn1.c1c[nH]cn1.c1ccc(-c2ccccc2)cc1.c1ccc2[nH]ccc2c1.c1ccc2c(c1)CN=N2.c1ccc2ccccc2c1.c1ccc2ncccc2c1.c1ccc2occc2c1.c1ccc2scnc2c1.c1ccccc1.c1ccncc1. The van der Waals surface area contributed by atoms with Gasteiger partial charge in [0.2, 0.25) is 0 Å². The number of H-pyrrole nitrogens is 2. The number of thiazole rings is 1. The molecule has 20 aromatic rings. The minimum Gasteiger partial charge on any atom is -0.469 e. The average molecular weight is 1740 g/mol. The van der Waals surface area contributed by atoms with E-state index in [-0.39, 0.29) is 5.97 Å². The van der Waals surface area contributed by atoms with E-state index in [9.17, 15) is 4.79 Å². The van der Waals surface area contributed by atoms with Crippen molar-refractivity contribution in [3.05, 3.63) is 467 Å². The lowest BCUT2D eigenvalue weighted by atomic mass is 9.80. The maximum Gasteiger partial charge on any atom is 0.309 e. The van der Waals surface area contributed by atoms with Crippen molar-refractivity contribution in [1.82, 2.24) is 55.5 Å². The Hall–Kier alpha value is -15.0. The number of piperidine rings is 2. The zero-order chi connectivity index (χ0) is 89.8. The van der Waals surface area contributed by atoms with Gasteiger partial charge < -0.3 is 29.8 Å². The molecule has 16 nitrogen and oxygen atoms in total. The van der Waals surface area contributed by atoms with Crippen molar-refractivity contribution in [1.29, 1.82) is 0 Å². The molecule has 0 amide bonds. The number of carbonyl (C=O) groups excluding carboxylic acids is 1. The van der Waals surface area contributed by atoms with E-state index in [2.05, 4.69) is 217 Å². The molecule has 3 aliphatic heterocycles. The number of esters is 1. The molecule has 2 atom stereocenters. The van der Waals surface area contributed by atoms with Crippen molar-refractivity contribution in [2.45, 2.75) is 76.8 Å². The summed E-state index contributed by atoms with van der Waals surface area (Å²) in [6, 6.07) is 133. The molecule has 4 N–H and O–H groups in total. The number of nitrogens with one attached hydrogen (secondary N) is 4. The van der Waals surface area contributed by atoms with Crippen molar-refractivity contribution in [2.24, 2.45) is 23.2 Å². The van der Waals surface area contributed by atoms with Crippen LogP contribution in [0.2, 0.25) is 0 Å². The Morgan fingerprint density at radius 2 is 0.969 bits per heavy atom. The first-order valence-electron chi connectivity index (χ1n) is 44.3. The van der Waals surface area contributed by atoms with Crippen molar-refractivity contribution in [3.63, 3.8) is 0 Å². The lowest BCUT2D eigenvalue weighted by Crippen LogP contribution is -2.42. The molecule has 2 unspecified atom stereocenters.